The Balaban J connectivity index is 1.24. The maximum atomic E-state index is 5.60. The fourth-order valence-electron chi connectivity index (χ4n) is 9.01. The summed E-state index contributed by atoms with van der Waals surface area (Å²) in [6.07, 6.45) is 0. The Kier molecular flexibility index (Phi) is 6.02. The highest BCUT2D eigenvalue weighted by Crippen LogP contribution is 2.45. The van der Waals surface area contributed by atoms with Crippen molar-refractivity contribution in [2.75, 3.05) is 0 Å². The van der Waals surface area contributed by atoms with Crippen LogP contribution in [0, 0.1) is 0 Å². The van der Waals surface area contributed by atoms with E-state index in [1.807, 2.05) is 0 Å². The van der Waals surface area contributed by atoms with Gasteiger partial charge in [-0.05, 0) is 74.8 Å². The molecule has 0 unspecified atom stereocenters. The first-order valence-corrected chi connectivity index (χ1v) is 18.4. The summed E-state index contributed by atoms with van der Waals surface area (Å²) in [6, 6.07) is 65.3. The molecule has 12 rings (SSSR count). The zero-order chi connectivity index (χ0) is 35.3. The van der Waals surface area contributed by atoms with Crippen LogP contribution in [0.15, 0.2) is 182 Å². The summed E-state index contributed by atoms with van der Waals surface area (Å²) >= 11 is 0. The van der Waals surface area contributed by atoms with Crippen LogP contribution in [0.25, 0.3) is 110 Å². The van der Waals surface area contributed by atoms with Crippen molar-refractivity contribution in [3.63, 3.8) is 0 Å². The van der Waals surface area contributed by atoms with Crippen molar-refractivity contribution < 1.29 is 0 Å². The number of nitrogens with zero attached hydrogens (tertiary/aromatic N) is 4. The van der Waals surface area contributed by atoms with Gasteiger partial charge in [-0.1, -0.05) is 140 Å². The molecule has 4 heteroatoms. The van der Waals surface area contributed by atoms with E-state index in [1.54, 1.807) is 0 Å². The van der Waals surface area contributed by atoms with Gasteiger partial charge >= 0.3 is 0 Å². The lowest BCUT2D eigenvalue weighted by Crippen LogP contribution is -2.04. The largest absolute Gasteiger partial charge is 0.309 e. The Hall–Kier alpha value is -7.30. The molecule has 3 aromatic heterocycles. The average molecular weight is 687 g/mol. The fourth-order valence-corrected chi connectivity index (χ4v) is 9.01. The second-order valence-electron chi connectivity index (χ2n) is 14.1. The lowest BCUT2D eigenvalue weighted by molar-refractivity contribution is 1.01. The molecular weight excluding hydrogens is 657 g/mol. The number of fused-ring (bicyclic) bond motifs is 13. The summed E-state index contributed by atoms with van der Waals surface area (Å²) in [4.78, 5) is 10.9. The van der Waals surface area contributed by atoms with Gasteiger partial charge in [0.2, 0.25) is 5.95 Å². The molecule has 0 aliphatic heterocycles. The smallest absolute Gasteiger partial charge is 0.235 e. The highest BCUT2D eigenvalue weighted by molar-refractivity contribution is 6.30. The Bertz CT molecular complexity index is 3500. The fraction of sp³-hybridized carbons (Fsp3) is 0. The van der Waals surface area contributed by atoms with Crippen molar-refractivity contribution >= 4 is 86.8 Å². The normalized spacial score (nSPS) is 12.1. The second-order valence-corrected chi connectivity index (χ2v) is 14.1. The first-order valence-electron chi connectivity index (χ1n) is 18.4. The molecular formula is C50H30N4. The monoisotopic (exact) mass is 686 g/mol. The zero-order valence-electron chi connectivity index (χ0n) is 29.1. The second kappa shape index (κ2) is 11.1. The molecule has 250 valence electrons. The summed E-state index contributed by atoms with van der Waals surface area (Å²) in [5, 5.41) is 13.2. The van der Waals surface area contributed by atoms with Gasteiger partial charge in [0.1, 0.15) is 0 Å². The average Bonchev–Trinajstić information content (AvgIpc) is 3.77. The van der Waals surface area contributed by atoms with E-state index in [1.165, 1.54) is 54.0 Å². The van der Waals surface area contributed by atoms with Crippen LogP contribution >= 0.6 is 0 Å². The van der Waals surface area contributed by atoms with Crippen LogP contribution in [0.2, 0.25) is 0 Å². The predicted octanol–water partition coefficient (Wildman–Crippen LogP) is 13.0. The Labute approximate surface area is 309 Å². The van der Waals surface area contributed by atoms with Gasteiger partial charge in [0.05, 0.1) is 33.3 Å². The molecule has 0 saturated heterocycles. The van der Waals surface area contributed by atoms with Crippen molar-refractivity contribution in [1.29, 1.82) is 0 Å². The molecule has 0 saturated carbocycles. The van der Waals surface area contributed by atoms with Crippen LogP contribution in [0.1, 0.15) is 0 Å². The summed E-state index contributed by atoms with van der Waals surface area (Å²) in [5.74, 6) is 0.656. The minimum Gasteiger partial charge on any atom is -0.309 e. The van der Waals surface area contributed by atoms with Crippen molar-refractivity contribution in [2.45, 2.75) is 0 Å². The third-order valence-corrected chi connectivity index (χ3v) is 11.3. The van der Waals surface area contributed by atoms with Crippen LogP contribution in [-0.2, 0) is 0 Å². The van der Waals surface area contributed by atoms with Crippen molar-refractivity contribution in [3.8, 4) is 22.9 Å². The van der Waals surface area contributed by atoms with E-state index in [-0.39, 0.29) is 0 Å². The van der Waals surface area contributed by atoms with E-state index in [0.29, 0.717) is 5.95 Å². The van der Waals surface area contributed by atoms with Crippen molar-refractivity contribution in [1.82, 2.24) is 19.1 Å². The van der Waals surface area contributed by atoms with E-state index < -0.39 is 0 Å². The number of hydrogen-bond donors (Lipinski definition) is 0. The van der Waals surface area contributed by atoms with E-state index in [0.717, 1.165) is 49.8 Å². The van der Waals surface area contributed by atoms with Crippen LogP contribution in [0.4, 0.5) is 0 Å². The van der Waals surface area contributed by atoms with Crippen LogP contribution in [-0.4, -0.2) is 19.1 Å². The first kappa shape index (κ1) is 29.3. The number of rotatable bonds is 3. The summed E-state index contributed by atoms with van der Waals surface area (Å²) in [7, 11) is 0. The lowest BCUT2D eigenvalue weighted by Gasteiger charge is -2.15. The summed E-state index contributed by atoms with van der Waals surface area (Å²) in [6.45, 7) is 0. The molecule has 0 N–H and O–H groups in total. The van der Waals surface area contributed by atoms with Gasteiger partial charge in [-0.2, -0.15) is 0 Å². The standard InChI is InChI=1S/C50H30N4/c1-2-16-33(17-3-1)53-44-29-27-32-15-5-7-19-35(32)47(44)48-37-21-9-8-20-36(37)40(30-45(48)53)49-38-22-10-12-24-41(38)51-50(52-49)54-42-25-13-11-23-39(42)46-34-18-6-4-14-31(34)26-28-43(46)54/h1-30H. The molecule has 0 aliphatic rings. The maximum absolute atomic E-state index is 5.60. The highest BCUT2D eigenvalue weighted by Gasteiger charge is 2.23. The van der Waals surface area contributed by atoms with E-state index >= 15 is 0 Å². The van der Waals surface area contributed by atoms with Crippen molar-refractivity contribution in [2.24, 2.45) is 0 Å². The van der Waals surface area contributed by atoms with Gasteiger partial charge in [-0.3, -0.25) is 4.57 Å². The molecule has 0 amide bonds. The molecule has 54 heavy (non-hydrogen) atoms. The van der Waals surface area contributed by atoms with Crippen LogP contribution in [0.3, 0.4) is 0 Å². The van der Waals surface area contributed by atoms with E-state index in [4.69, 9.17) is 9.97 Å². The van der Waals surface area contributed by atoms with Gasteiger partial charge in [-0.15, -0.1) is 0 Å². The predicted molar refractivity (Wildman–Crippen MR) is 226 cm³/mol. The van der Waals surface area contributed by atoms with Gasteiger partial charge in [-0.25, -0.2) is 9.97 Å². The molecule has 0 fully saturated rings. The van der Waals surface area contributed by atoms with Crippen molar-refractivity contribution in [3.05, 3.63) is 182 Å². The zero-order valence-corrected chi connectivity index (χ0v) is 29.1. The molecule has 12 aromatic rings. The first-order chi connectivity index (χ1) is 26.8. The Morgan fingerprint density at radius 2 is 0.889 bits per heavy atom. The van der Waals surface area contributed by atoms with E-state index in [9.17, 15) is 0 Å². The molecule has 0 atom stereocenters. The minimum atomic E-state index is 0.656. The molecule has 9 aromatic carbocycles. The van der Waals surface area contributed by atoms with Crippen LogP contribution in [0.5, 0.6) is 0 Å². The maximum Gasteiger partial charge on any atom is 0.235 e. The molecule has 3 heterocycles. The SMILES string of the molecule is c1ccc(-n2c3ccc4ccccc4c3c3c4ccccc4c(-c4nc(-n5c6ccccc6c6c7ccccc7ccc65)nc5ccccc45)cc32)cc1. The molecule has 4 nitrogen and oxygen atoms in total. The van der Waals surface area contributed by atoms with Gasteiger partial charge < -0.3 is 4.57 Å². The molecule has 0 aliphatic carbocycles. The number of benzene rings is 9. The molecule has 0 radical (unpaired) electrons. The highest BCUT2D eigenvalue weighted by atomic mass is 15.2. The Morgan fingerprint density at radius 3 is 1.65 bits per heavy atom. The van der Waals surface area contributed by atoms with Gasteiger partial charge in [0.15, 0.2) is 0 Å². The minimum absolute atomic E-state index is 0.656. The van der Waals surface area contributed by atoms with Crippen LogP contribution < -0.4 is 0 Å². The number of para-hydroxylation sites is 3. The van der Waals surface area contributed by atoms with Gasteiger partial charge in [0.25, 0.3) is 0 Å². The quantitative estimate of drug-likeness (QED) is 0.185. The summed E-state index contributed by atoms with van der Waals surface area (Å²) < 4.78 is 4.68. The summed E-state index contributed by atoms with van der Waals surface area (Å²) in [5.41, 5.74) is 8.53. The van der Waals surface area contributed by atoms with E-state index in [2.05, 4.69) is 191 Å². The number of hydrogen-bond acceptors (Lipinski definition) is 2. The van der Waals surface area contributed by atoms with Gasteiger partial charge in [0, 0.05) is 38.2 Å². The third kappa shape index (κ3) is 4.02. The topological polar surface area (TPSA) is 35.6 Å². The molecule has 0 bridgehead atoms. The number of aromatic nitrogens is 4. The molecule has 0 spiro atoms. The lowest BCUT2D eigenvalue weighted by atomic mass is 9.94. The Morgan fingerprint density at radius 1 is 0.333 bits per heavy atom. The third-order valence-electron chi connectivity index (χ3n) is 11.3.